The summed E-state index contributed by atoms with van der Waals surface area (Å²) in [4.78, 5) is 19.4. The highest BCUT2D eigenvalue weighted by atomic mass is 32.2. The Morgan fingerprint density at radius 2 is 1.93 bits per heavy atom. The van der Waals surface area contributed by atoms with Gasteiger partial charge in [0.1, 0.15) is 17.9 Å². The van der Waals surface area contributed by atoms with E-state index in [1.807, 2.05) is 31.2 Å². The Bertz CT molecular complexity index is 1190. The van der Waals surface area contributed by atoms with Gasteiger partial charge in [0.05, 0.1) is 0 Å². The molecule has 1 amide bonds. The molecule has 0 saturated heterocycles. The van der Waals surface area contributed by atoms with Gasteiger partial charge in [0.2, 0.25) is 5.89 Å². The van der Waals surface area contributed by atoms with Crippen LogP contribution in [0.4, 0.5) is 4.39 Å². The minimum atomic E-state index is -0.299. The van der Waals surface area contributed by atoms with Gasteiger partial charge in [-0.3, -0.25) is 4.79 Å². The Balaban J connectivity index is 1.61. The van der Waals surface area contributed by atoms with E-state index in [-0.39, 0.29) is 24.0 Å². The maximum absolute atomic E-state index is 14.1. The number of aryl methyl sites for hydroxylation is 1. The quantitative estimate of drug-likeness (QED) is 0.385. The van der Waals surface area contributed by atoms with Crippen LogP contribution in [0.3, 0.4) is 0 Å². The molecule has 2 aromatic heterocycles. The highest BCUT2D eigenvalue weighted by Gasteiger charge is 2.25. The topological polar surface area (TPSA) is 72.4 Å². The minimum Gasteiger partial charge on any atom is -0.451 e. The van der Waals surface area contributed by atoms with Crippen molar-refractivity contribution in [3.8, 4) is 0 Å². The zero-order valence-electron chi connectivity index (χ0n) is 16.6. The van der Waals surface area contributed by atoms with E-state index in [2.05, 4.69) is 10.1 Å². The molecular formula is C22H20FN3O3S. The van der Waals surface area contributed by atoms with E-state index in [0.717, 1.165) is 10.9 Å². The van der Waals surface area contributed by atoms with E-state index in [1.165, 1.54) is 22.7 Å². The van der Waals surface area contributed by atoms with Crippen LogP contribution in [0, 0.1) is 5.82 Å². The fourth-order valence-electron chi connectivity index (χ4n) is 3.07. The number of hydrogen-bond acceptors (Lipinski definition) is 6. The Kier molecular flexibility index (Phi) is 5.85. The van der Waals surface area contributed by atoms with Crippen molar-refractivity contribution in [2.45, 2.75) is 30.5 Å². The van der Waals surface area contributed by atoms with E-state index < -0.39 is 0 Å². The van der Waals surface area contributed by atoms with Crippen LogP contribution in [0.2, 0.25) is 0 Å². The second-order valence-electron chi connectivity index (χ2n) is 6.74. The predicted octanol–water partition coefficient (Wildman–Crippen LogP) is 5.08. The van der Waals surface area contributed by atoms with E-state index in [0.29, 0.717) is 34.4 Å². The van der Waals surface area contributed by atoms with Crippen molar-refractivity contribution in [3.63, 3.8) is 0 Å². The Labute approximate surface area is 177 Å². The van der Waals surface area contributed by atoms with Gasteiger partial charge in [-0.05, 0) is 18.2 Å². The lowest BCUT2D eigenvalue weighted by Crippen LogP contribution is -2.26. The number of thioether (sulfide) groups is 1. The fourth-order valence-corrected chi connectivity index (χ4v) is 4.04. The van der Waals surface area contributed by atoms with Crippen molar-refractivity contribution in [2.75, 3.05) is 7.05 Å². The summed E-state index contributed by atoms with van der Waals surface area (Å²) < 4.78 is 25.1. The molecule has 2 heterocycles. The van der Waals surface area contributed by atoms with Crippen molar-refractivity contribution in [3.05, 3.63) is 77.4 Å². The first kappa shape index (κ1) is 20.2. The monoisotopic (exact) mass is 425 g/mol. The van der Waals surface area contributed by atoms with Crippen LogP contribution in [-0.2, 0) is 18.7 Å². The number of rotatable bonds is 7. The summed E-state index contributed by atoms with van der Waals surface area (Å²) in [5.41, 5.74) is 1.35. The van der Waals surface area contributed by atoms with Crippen molar-refractivity contribution in [1.82, 2.24) is 15.0 Å². The lowest BCUT2D eigenvalue weighted by Gasteiger charge is -2.14. The van der Waals surface area contributed by atoms with Crippen LogP contribution in [0.15, 0.2) is 62.4 Å². The summed E-state index contributed by atoms with van der Waals surface area (Å²) in [6.07, 6.45) is 0.655. The molecule has 30 heavy (non-hydrogen) atoms. The van der Waals surface area contributed by atoms with Gasteiger partial charge in [0, 0.05) is 35.1 Å². The van der Waals surface area contributed by atoms with Crippen molar-refractivity contribution < 1.29 is 18.1 Å². The number of carbonyl (C=O) groups excluding carboxylic acids is 1. The molecule has 0 spiro atoms. The fraction of sp³-hybridized carbons (Fsp3) is 0.227. The van der Waals surface area contributed by atoms with Crippen molar-refractivity contribution in [2.24, 2.45) is 0 Å². The molecule has 0 atom stereocenters. The number of para-hydroxylation sites is 1. The smallest absolute Gasteiger partial charge is 0.290 e. The number of halogens is 1. The molecule has 0 bridgehead atoms. The van der Waals surface area contributed by atoms with Crippen LogP contribution in [0.5, 0.6) is 0 Å². The van der Waals surface area contributed by atoms with E-state index in [1.54, 1.807) is 25.2 Å². The molecule has 0 unspecified atom stereocenters. The van der Waals surface area contributed by atoms with Crippen LogP contribution in [0.25, 0.3) is 11.0 Å². The predicted molar refractivity (Wildman–Crippen MR) is 112 cm³/mol. The molecule has 0 radical (unpaired) electrons. The summed E-state index contributed by atoms with van der Waals surface area (Å²) in [7, 11) is 1.65. The number of aromatic nitrogens is 2. The molecule has 0 aliphatic heterocycles. The Hall–Kier alpha value is -3.13. The average molecular weight is 425 g/mol. The highest BCUT2D eigenvalue weighted by molar-refractivity contribution is 7.98. The summed E-state index contributed by atoms with van der Waals surface area (Å²) in [5, 5.41) is 4.69. The van der Waals surface area contributed by atoms with Gasteiger partial charge in [0.15, 0.2) is 11.6 Å². The maximum Gasteiger partial charge on any atom is 0.290 e. The normalized spacial score (nSPS) is 11.2. The number of fused-ring (bicyclic) bond motifs is 1. The zero-order chi connectivity index (χ0) is 21.1. The standard InChI is InChI=1S/C22H20FN3O3S/c1-3-19-24-20(29-25-19)12-26(2)22(27)21-15(14-8-4-6-10-17(14)28-21)13-30-18-11-7-5-9-16(18)23/h4-11H,3,12-13H2,1-2H3. The van der Waals surface area contributed by atoms with Crippen LogP contribution in [-0.4, -0.2) is 28.0 Å². The molecule has 2 aromatic carbocycles. The van der Waals surface area contributed by atoms with E-state index in [4.69, 9.17) is 8.94 Å². The van der Waals surface area contributed by atoms with Crippen LogP contribution >= 0.6 is 11.8 Å². The van der Waals surface area contributed by atoms with Crippen LogP contribution in [0.1, 0.15) is 34.8 Å². The zero-order valence-corrected chi connectivity index (χ0v) is 17.4. The first-order valence-electron chi connectivity index (χ1n) is 9.51. The van der Waals surface area contributed by atoms with E-state index in [9.17, 15) is 9.18 Å². The highest BCUT2D eigenvalue weighted by Crippen LogP contribution is 2.33. The summed E-state index contributed by atoms with van der Waals surface area (Å²) in [5.74, 6) is 0.998. The van der Waals surface area contributed by atoms with Crippen molar-refractivity contribution in [1.29, 1.82) is 0 Å². The second-order valence-corrected chi connectivity index (χ2v) is 7.76. The minimum absolute atomic E-state index is 0.169. The number of hydrogen-bond donors (Lipinski definition) is 0. The first-order valence-corrected chi connectivity index (χ1v) is 10.5. The molecule has 154 valence electrons. The third-order valence-corrected chi connectivity index (χ3v) is 5.72. The Morgan fingerprint density at radius 1 is 1.17 bits per heavy atom. The molecule has 0 aliphatic rings. The number of amides is 1. The van der Waals surface area contributed by atoms with Gasteiger partial charge < -0.3 is 13.8 Å². The van der Waals surface area contributed by atoms with Gasteiger partial charge in [0.25, 0.3) is 5.91 Å². The molecule has 0 N–H and O–H groups in total. The first-order chi connectivity index (χ1) is 14.6. The number of nitrogens with zero attached hydrogens (tertiary/aromatic N) is 3. The average Bonchev–Trinajstić information content (AvgIpc) is 3.37. The van der Waals surface area contributed by atoms with Crippen molar-refractivity contribution >= 4 is 28.6 Å². The summed E-state index contributed by atoms with van der Waals surface area (Å²) >= 11 is 1.33. The third kappa shape index (κ3) is 4.09. The maximum atomic E-state index is 14.1. The molecular weight excluding hydrogens is 405 g/mol. The third-order valence-electron chi connectivity index (χ3n) is 4.65. The largest absolute Gasteiger partial charge is 0.451 e. The van der Waals surface area contributed by atoms with Gasteiger partial charge in [-0.25, -0.2) is 4.39 Å². The van der Waals surface area contributed by atoms with E-state index >= 15 is 0 Å². The SMILES string of the molecule is CCc1noc(CN(C)C(=O)c2oc3ccccc3c2CSc2ccccc2F)n1. The molecule has 4 aromatic rings. The number of furan rings is 1. The molecule has 6 nitrogen and oxygen atoms in total. The van der Waals surface area contributed by atoms with Gasteiger partial charge in [-0.15, -0.1) is 11.8 Å². The van der Waals surface area contributed by atoms with Gasteiger partial charge >= 0.3 is 0 Å². The summed E-state index contributed by atoms with van der Waals surface area (Å²) in [6.45, 7) is 2.10. The molecule has 0 aliphatic carbocycles. The molecule has 0 fully saturated rings. The lowest BCUT2D eigenvalue weighted by atomic mass is 10.1. The van der Waals surface area contributed by atoms with Gasteiger partial charge in [-0.1, -0.05) is 42.4 Å². The second kappa shape index (κ2) is 8.71. The number of benzene rings is 2. The molecule has 8 heteroatoms. The van der Waals surface area contributed by atoms with Gasteiger partial charge in [-0.2, -0.15) is 4.98 Å². The molecule has 4 rings (SSSR count). The molecule has 0 saturated carbocycles. The summed E-state index contributed by atoms with van der Waals surface area (Å²) in [6, 6.07) is 14.0. The Morgan fingerprint density at radius 3 is 2.70 bits per heavy atom. The van der Waals surface area contributed by atoms with Crippen LogP contribution < -0.4 is 0 Å². The number of carbonyl (C=O) groups is 1. The lowest BCUT2D eigenvalue weighted by molar-refractivity contribution is 0.0739.